The van der Waals surface area contributed by atoms with Gasteiger partial charge in [0.2, 0.25) is 0 Å². The highest BCUT2D eigenvalue weighted by molar-refractivity contribution is 5.69. The van der Waals surface area contributed by atoms with Gasteiger partial charge in [-0.2, -0.15) is 0 Å². The molecule has 0 aromatic carbocycles. The van der Waals surface area contributed by atoms with Crippen LogP contribution in [-0.4, -0.2) is 60.9 Å². The molecule has 0 radical (unpaired) electrons. The fourth-order valence-electron chi connectivity index (χ4n) is 7.23. The van der Waals surface area contributed by atoms with Crippen LogP contribution in [0.5, 0.6) is 0 Å². The summed E-state index contributed by atoms with van der Waals surface area (Å²) in [5.74, 6) is -0.0280. The van der Waals surface area contributed by atoms with Crippen LogP contribution in [0.25, 0.3) is 0 Å². The molecule has 0 aliphatic heterocycles. The molecule has 52 heavy (non-hydrogen) atoms. The Hall–Kier alpha value is -1.14. The highest BCUT2D eigenvalue weighted by Crippen LogP contribution is 2.19. The highest BCUT2D eigenvalue weighted by Gasteiger charge is 2.14. The van der Waals surface area contributed by atoms with E-state index in [-0.39, 0.29) is 24.6 Å². The number of rotatable bonds is 43. The zero-order chi connectivity index (χ0) is 38.0. The number of esters is 2. The molecule has 6 nitrogen and oxygen atoms in total. The number of carbonyl (C=O) groups excluding carboxylic acids is 2. The average molecular weight is 738 g/mol. The van der Waals surface area contributed by atoms with E-state index >= 15 is 0 Å². The molecule has 0 fully saturated rings. The molecule has 0 heterocycles. The van der Waals surface area contributed by atoms with E-state index in [1.807, 2.05) is 0 Å². The van der Waals surface area contributed by atoms with Crippen LogP contribution >= 0.6 is 0 Å². The van der Waals surface area contributed by atoms with Crippen molar-refractivity contribution in [3.05, 3.63) is 0 Å². The standard InChI is InChI=1S/C46H91NO5/c1-4-7-10-13-16-17-21-26-34-43-51-45(49)37-31-27-33-40-47(41-42-48)39-32-25-20-19-24-30-38-46(50)52-44(35-28-22-15-12-9-6-3)36-29-23-18-14-11-8-5-2/h44,48H,4-43H2,1-3H3. The van der Waals surface area contributed by atoms with Crippen LogP contribution in [-0.2, 0) is 19.1 Å². The van der Waals surface area contributed by atoms with Gasteiger partial charge in [-0.25, -0.2) is 0 Å². The first-order chi connectivity index (χ1) is 25.6. The Morgan fingerprint density at radius 1 is 0.442 bits per heavy atom. The first kappa shape index (κ1) is 50.9. The van der Waals surface area contributed by atoms with Gasteiger partial charge in [0.15, 0.2) is 0 Å². The second-order valence-electron chi connectivity index (χ2n) is 15.9. The molecule has 0 aromatic rings. The van der Waals surface area contributed by atoms with E-state index in [1.165, 1.54) is 148 Å². The van der Waals surface area contributed by atoms with Crippen LogP contribution in [0.15, 0.2) is 0 Å². The third-order valence-corrected chi connectivity index (χ3v) is 10.7. The molecular weight excluding hydrogens is 647 g/mol. The van der Waals surface area contributed by atoms with Crippen molar-refractivity contribution >= 4 is 11.9 Å². The molecule has 6 heteroatoms. The molecule has 1 atom stereocenters. The topological polar surface area (TPSA) is 76.1 Å². The zero-order valence-corrected chi connectivity index (χ0v) is 35.4. The summed E-state index contributed by atoms with van der Waals surface area (Å²) in [5.41, 5.74) is 0. The lowest BCUT2D eigenvalue weighted by Crippen LogP contribution is -2.29. The van der Waals surface area contributed by atoms with E-state index in [0.717, 1.165) is 83.8 Å². The Balaban J connectivity index is 3.95. The number of carbonyl (C=O) groups is 2. The van der Waals surface area contributed by atoms with Crippen LogP contribution in [0, 0.1) is 0 Å². The minimum atomic E-state index is -0.0461. The van der Waals surface area contributed by atoms with Crippen molar-refractivity contribution in [3.8, 4) is 0 Å². The van der Waals surface area contributed by atoms with Gasteiger partial charge in [-0.1, -0.05) is 175 Å². The maximum absolute atomic E-state index is 12.7. The second kappa shape index (κ2) is 42.6. The van der Waals surface area contributed by atoms with E-state index in [4.69, 9.17) is 9.47 Å². The summed E-state index contributed by atoms with van der Waals surface area (Å²) < 4.78 is 11.5. The molecule has 0 saturated heterocycles. The van der Waals surface area contributed by atoms with Gasteiger partial charge in [0.05, 0.1) is 13.2 Å². The number of hydrogen-bond acceptors (Lipinski definition) is 6. The van der Waals surface area contributed by atoms with Crippen molar-refractivity contribution in [1.82, 2.24) is 4.90 Å². The highest BCUT2D eigenvalue weighted by atomic mass is 16.5. The Labute approximate surface area is 324 Å². The molecule has 0 aliphatic carbocycles. The molecule has 0 spiro atoms. The van der Waals surface area contributed by atoms with Crippen molar-refractivity contribution in [1.29, 1.82) is 0 Å². The molecule has 0 aromatic heterocycles. The lowest BCUT2D eigenvalue weighted by molar-refractivity contribution is -0.150. The van der Waals surface area contributed by atoms with Gasteiger partial charge in [0.25, 0.3) is 0 Å². The lowest BCUT2D eigenvalue weighted by Gasteiger charge is -2.21. The maximum Gasteiger partial charge on any atom is 0.306 e. The fourth-order valence-corrected chi connectivity index (χ4v) is 7.23. The van der Waals surface area contributed by atoms with Crippen LogP contribution in [0.4, 0.5) is 0 Å². The Morgan fingerprint density at radius 3 is 1.27 bits per heavy atom. The molecule has 310 valence electrons. The molecule has 0 rings (SSSR count). The van der Waals surface area contributed by atoms with E-state index in [1.54, 1.807) is 0 Å². The summed E-state index contributed by atoms with van der Waals surface area (Å²) in [6, 6.07) is 0. The molecule has 0 saturated carbocycles. The molecular formula is C46H91NO5. The maximum atomic E-state index is 12.7. The van der Waals surface area contributed by atoms with Crippen molar-refractivity contribution in [3.63, 3.8) is 0 Å². The first-order valence-corrected chi connectivity index (χ1v) is 23.3. The van der Waals surface area contributed by atoms with Crippen molar-refractivity contribution < 1.29 is 24.2 Å². The van der Waals surface area contributed by atoms with Gasteiger partial charge in [-0.05, 0) is 70.9 Å². The summed E-state index contributed by atoms with van der Waals surface area (Å²) in [4.78, 5) is 27.2. The van der Waals surface area contributed by atoms with E-state index in [0.29, 0.717) is 19.4 Å². The van der Waals surface area contributed by atoms with Crippen LogP contribution < -0.4 is 0 Å². The quantitative estimate of drug-likeness (QED) is 0.0496. The van der Waals surface area contributed by atoms with Crippen molar-refractivity contribution in [2.75, 3.05) is 32.8 Å². The van der Waals surface area contributed by atoms with Gasteiger partial charge in [0, 0.05) is 19.4 Å². The molecule has 1 unspecified atom stereocenters. The molecule has 0 aliphatic rings. The summed E-state index contributed by atoms with van der Waals surface area (Å²) in [7, 11) is 0. The number of unbranched alkanes of at least 4 members (excludes halogenated alkanes) is 26. The monoisotopic (exact) mass is 738 g/mol. The molecule has 0 bridgehead atoms. The Kier molecular flexibility index (Phi) is 41.7. The summed E-state index contributed by atoms with van der Waals surface area (Å²) in [6.07, 6.45) is 41.2. The average Bonchev–Trinajstić information content (AvgIpc) is 3.14. The predicted molar refractivity (Wildman–Crippen MR) is 223 cm³/mol. The van der Waals surface area contributed by atoms with Gasteiger partial charge in [0.1, 0.15) is 6.10 Å². The van der Waals surface area contributed by atoms with Gasteiger partial charge >= 0.3 is 11.9 Å². The van der Waals surface area contributed by atoms with Gasteiger partial charge < -0.3 is 19.5 Å². The fraction of sp³-hybridized carbons (Fsp3) is 0.957. The zero-order valence-electron chi connectivity index (χ0n) is 35.4. The van der Waals surface area contributed by atoms with Crippen molar-refractivity contribution in [2.45, 2.75) is 252 Å². The van der Waals surface area contributed by atoms with Gasteiger partial charge in [-0.3, -0.25) is 9.59 Å². The van der Waals surface area contributed by atoms with Crippen LogP contribution in [0.2, 0.25) is 0 Å². The number of nitrogens with zero attached hydrogens (tertiary/aromatic N) is 1. The third-order valence-electron chi connectivity index (χ3n) is 10.7. The summed E-state index contributed by atoms with van der Waals surface area (Å²) in [5, 5.41) is 9.54. The second-order valence-corrected chi connectivity index (χ2v) is 15.9. The number of aliphatic hydroxyl groups is 1. The first-order valence-electron chi connectivity index (χ1n) is 23.3. The SMILES string of the molecule is CCCCCCCCCCCOC(=O)CCCCCN(CCO)CCCCCCCCC(=O)OC(CCCCCCCC)CCCCCCCCC. The lowest BCUT2D eigenvalue weighted by atomic mass is 10.0. The van der Waals surface area contributed by atoms with Crippen LogP contribution in [0.3, 0.4) is 0 Å². The Bertz CT molecular complexity index is 732. The summed E-state index contributed by atoms with van der Waals surface area (Å²) in [6.45, 7) is 10.3. The minimum absolute atomic E-state index is 0.0181. The third kappa shape index (κ3) is 38.6. The van der Waals surface area contributed by atoms with E-state index in [9.17, 15) is 14.7 Å². The molecule has 1 N–H and O–H groups in total. The molecule has 0 amide bonds. The van der Waals surface area contributed by atoms with Crippen molar-refractivity contribution in [2.24, 2.45) is 0 Å². The Morgan fingerprint density at radius 2 is 0.808 bits per heavy atom. The van der Waals surface area contributed by atoms with E-state index < -0.39 is 0 Å². The number of aliphatic hydroxyl groups excluding tert-OH is 1. The van der Waals surface area contributed by atoms with Crippen LogP contribution in [0.1, 0.15) is 245 Å². The number of hydrogen-bond donors (Lipinski definition) is 1. The minimum Gasteiger partial charge on any atom is -0.466 e. The van der Waals surface area contributed by atoms with E-state index in [2.05, 4.69) is 25.7 Å². The smallest absolute Gasteiger partial charge is 0.306 e. The predicted octanol–water partition coefficient (Wildman–Crippen LogP) is 13.4. The largest absolute Gasteiger partial charge is 0.466 e. The normalized spacial score (nSPS) is 12.1. The number of ether oxygens (including phenoxy) is 2. The van der Waals surface area contributed by atoms with Gasteiger partial charge in [-0.15, -0.1) is 0 Å². The summed E-state index contributed by atoms with van der Waals surface area (Å²) >= 11 is 0.